The van der Waals surface area contributed by atoms with Crippen LogP contribution in [-0.2, 0) is 6.42 Å². The zero-order valence-corrected chi connectivity index (χ0v) is 6.88. The maximum Gasteiger partial charge on any atom is 0.248 e. The van der Waals surface area contributed by atoms with Gasteiger partial charge in [-0.2, -0.15) is 0 Å². The molecular formula is C10H8FNO. The van der Waals surface area contributed by atoms with E-state index in [1.807, 2.05) is 0 Å². The minimum atomic E-state index is -0.585. The van der Waals surface area contributed by atoms with Crippen LogP contribution in [0.3, 0.4) is 0 Å². The van der Waals surface area contributed by atoms with E-state index in [0.29, 0.717) is 5.56 Å². The SMILES string of the molecule is C#CCc1cc(C(N)=O)ccc1F. The predicted octanol–water partition coefficient (Wildman–Crippen LogP) is 1.10. The number of carbonyl (C=O) groups excluding carboxylic acids is 1. The van der Waals surface area contributed by atoms with Gasteiger partial charge in [0.2, 0.25) is 5.91 Å². The molecule has 0 aliphatic carbocycles. The largest absolute Gasteiger partial charge is 0.366 e. The van der Waals surface area contributed by atoms with Gasteiger partial charge in [-0.25, -0.2) is 4.39 Å². The van der Waals surface area contributed by atoms with Crippen LogP contribution in [0.1, 0.15) is 15.9 Å². The molecule has 1 aromatic rings. The minimum Gasteiger partial charge on any atom is -0.366 e. The molecular weight excluding hydrogens is 169 g/mol. The van der Waals surface area contributed by atoms with E-state index < -0.39 is 11.7 Å². The highest BCUT2D eigenvalue weighted by Crippen LogP contribution is 2.10. The normalized spacial score (nSPS) is 9.23. The topological polar surface area (TPSA) is 43.1 Å². The van der Waals surface area contributed by atoms with Gasteiger partial charge in [0.15, 0.2) is 0 Å². The molecule has 2 N–H and O–H groups in total. The van der Waals surface area contributed by atoms with E-state index >= 15 is 0 Å². The monoisotopic (exact) mass is 177 g/mol. The molecule has 1 aromatic carbocycles. The molecule has 0 bridgehead atoms. The van der Waals surface area contributed by atoms with Crippen LogP contribution in [0.4, 0.5) is 4.39 Å². The zero-order chi connectivity index (χ0) is 9.84. The van der Waals surface area contributed by atoms with E-state index in [9.17, 15) is 9.18 Å². The van der Waals surface area contributed by atoms with Crippen molar-refractivity contribution in [3.05, 3.63) is 35.1 Å². The molecule has 1 amide bonds. The number of halogens is 1. The number of rotatable bonds is 2. The summed E-state index contributed by atoms with van der Waals surface area (Å²) >= 11 is 0. The summed E-state index contributed by atoms with van der Waals surface area (Å²) in [6.45, 7) is 0. The molecule has 0 saturated heterocycles. The van der Waals surface area contributed by atoms with Gasteiger partial charge in [0.05, 0.1) is 0 Å². The average molecular weight is 177 g/mol. The van der Waals surface area contributed by atoms with E-state index in [1.165, 1.54) is 18.2 Å². The first-order valence-corrected chi connectivity index (χ1v) is 3.67. The molecule has 13 heavy (non-hydrogen) atoms. The lowest BCUT2D eigenvalue weighted by atomic mass is 10.1. The Morgan fingerprint density at radius 1 is 1.62 bits per heavy atom. The van der Waals surface area contributed by atoms with Crippen LogP contribution in [-0.4, -0.2) is 5.91 Å². The minimum absolute atomic E-state index is 0.160. The summed E-state index contributed by atoms with van der Waals surface area (Å²) in [5.74, 6) is 1.30. The molecule has 0 fully saturated rings. The van der Waals surface area contributed by atoms with Gasteiger partial charge in [0.25, 0.3) is 0 Å². The molecule has 3 heteroatoms. The Hall–Kier alpha value is -1.82. The van der Waals surface area contributed by atoms with Gasteiger partial charge in [-0.3, -0.25) is 4.79 Å². The third-order valence-electron chi connectivity index (χ3n) is 1.62. The Balaban J connectivity index is 3.12. The van der Waals surface area contributed by atoms with Gasteiger partial charge in [0, 0.05) is 17.5 Å². The van der Waals surface area contributed by atoms with Crippen molar-refractivity contribution in [2.24, 2.45) is 5.73 Å². The van der Waals surface area contributed by atoms with Crippen LogP contribution in [0.15, 0.2) is 18.2 Å². The summed E-state index contributed by atoms with van der Waals surface area (Å²) in [6, 6.07) is 3.89. The third kappa shape index (κ3) is 2.06. The first kappa shape index (κ1) is 9.27. The summed E-state index contributed by atoms with van der Waals surface area (Å²) in [5.41, 5.74) is 5.60. The van der Waals surface area contributed by atoms with Crippen molar-refractivity contribution >= 4 is 5.91 Å². The summed E-state index contributed by atoms with van der Waals surface area (Å²) in [7, 11) is 0. The maximum absolute atomic E-state index is 13.0. The van der Waals surface area contributed by atoms with Gasteiger partial charge in [-0.15, -0.1) is 12.3 Å². The lowest BCUT2D eigenvalue weighted by molar-refractivity contribution is 0.1000. The van der Waals surface area contributed by atoms with Gasteiger partial charge in [0.1, 0.15) is 5.82 Å². The van der Waals surface area contributed by atoms with E-state index in [0.717, 1.165) is 0 Å². The molecule has 0 unspecified atom stereocenters. The molecule has 2 nitrogen and oxygen atoms in total. The Morgan fingerprint density at radius 2 is 2.31 bits per heavy atom. The fourth-order valence-electron chi connectivity index (χ4n) is 0.973. The third-order valence-corrected chi connectivity index (χ3v) is 1.62. The van der Waals surface area contributed by atoms with Crippen LogP contribution < -0.4 is 5.73 Å². The Morgan fingerprint density at radius 3 is 2.85 bits per heavy atom. The fraction of sp³-hybridized carbons (Fsp3) is 0.100. The van der Waals surface area contributed by atoms with E-state index in [4.69, 9.17) is 12.2 Å². The standard InChI is InChI=1S/C10H8FNO/c1-2-3-7-6-8(10(12)13)4-5-9(7)11/h1,4-6H,3H2,(H2,12,13). The molecule has 66 valence electrons. The van der Waals surface area contributed by atoms with Crippen molar-refractivity contribution in [3.63, 3.8) is 0 Å². The van der Waals surface area contributed by atoms with Crippen molar-refractivity contribution in [3.8, 4) is 12.3 Å². The average Bonchev–Trinajstić information content (AvgIpc) is 2.08. The molecule has 0 aromatic heterocycles. The van der Waals surface area contributed by atoms with E-state index in [1.54, 1.807) is 0 Å². The highest BCUT2D eigenvalue weighted by Gasteiger charge is 2.05. The lowest BCUT2D eigenvalue weighted by Gasteiger charge is -2.00. The Bertz CT molecular complexity index is 379. The molecule has 0 aliphatic rings. The molecule has 0 heterocycles. The first-order valence-electron chi connectivity index (χ1n) is 3.67. The number of terminal acetylenes is 1. The number of amides is 1. The lowest BCUT2D eigenvalue weighted by Crippen LogP contribution is -2.11. The summed E-state index contributed by atoms with van der Waals surface area (Å²) < 4.78 is 13.0. The molecule has 0 saturated carbocycles. The number of carbonyl (C=O) groups is 1. The predicted molar refractivity (Wildman–Crippen MR) is 47.5 cm³/mol. The molecule has 1 rings (SSSR count). The van der Waals surface area contributed by atoms with Gasteiger partial charge >= 0.3 is 0 Å². The molecule has 0 atom stereocenters. The Kier molecular flexibility index (Phi) is 2.65. The number of hydrogen-bond donors (Lipinski definition) is 1. The second-order valence-corrected chi connectivity index (χ2v) is 2.55. The van der Waals surface area contributed by atoms with Crippen molar-refractivity contribution in [1.29, 1.82) is 0 Å². The van der Waals surface area contributed by atoms with Crippen LogP contribution in [0.2, 0.25) is 0 Å². The molecule has 0 aliphatic heterocycles. The molecule has 0 radical (unpaired) electrons. The van der Waals surface area contributed by atoms with Crippen LogP contribution >= 0.6 is 0 Å². The number of nitrogens with two attached hydrogens (primary N) is 1. The second kappa shape index (κ2) is 3.72. The number of benzene rings is 1. The fourth-order valence-corrected chi connectivity index (χ4v) is 0.973. The smallest absolute Gasteiger partial charge is 0.248 e. The van der Waals surface area contributed by atoms with Crippen LogP contribution in [0.5, 0.6) is 0 Å². The second-order valence-electron chi connectivity index (χ2n) is 2.55. The summed E-state index contributed by atoms with van der Waals surface area (Å²) in [5, 5.41) is 0. The van der Waals surface area contributed by atoms with Crippen molar-refractivity contribution in [2.45, 2.75) is 6.42 Å². The van der Waals surface area contributed by atoms with Crippen LogP contribution in [0, 0.1) is 18.2 Å². The zero-order valence-electron chi connectivity index (χ0n) is 6.88. The number of hydrogen-bond acceptors (Lipinski definition) is 1. The van der Waals surface area contributed by atoms with Crippen molar-refractivity contribution < 1.29 is 9.18 Å². The van der Waals surface area contributed by atoms with Gasteiger partial charge in [-0.05, 0) is 18.2 Å². The molecule has 0 spiro atoms. The van der Waals surface area contributed by atoms with Gasteiger partial charge in [-0.1, -0.05) is 0 Å². The summed E-state index contributed by atoms with van der Waals surface area (Å²) in [6.07, 6.45) is 5.18. The van der Waals surface area contributed by atoms with Gasteiger partial charge < -0.3 is 5.73 Å². The van der Waals surface area contributed by atoms with E-state index in [2.05, 4.69) is 5.92 Å². The summed E-state index contributed by atoms with van der Waals surface area (Å²) in [4.78, 5) is 10.7. The van der Waals surface area contributed by atoms with Crippen LogP contribution in [0.25, 0.3) is 0 Å². The quantitative estimate of drug-likeness (QED) is 0.675. The highest BCUT2D eigenvalue weighted by molar-refractivity contribution is 5.92. The first-order chi connectivity index (χ1) is 6.15. The van der Waals surface area contributed by atoms with Crippen molar-refractivity contribution in [1.82, 2.24) is 0 Å². The Labute approximate surface area is 75.6 Å². The highest BCUT2D eigenvalue weighted by atomic mass is 19.1. The van der Waals surface area contributed by atoms with Crippen molar-refractivity contribution in [2.75, 3.05) is 0 Å². The maximum atomic E-state index is 13.0. The van der Waals surface area contributed by atoms with E-state index in [-0.39, 0.29) is 12.0 Å². The number of primary amides is 1.